The lowest BCUT2D eigenvalue weighted by molar-refractivity contribution is 0.611. The van der Waals surface area contributed by atoms with Gasteiger partial charge >= 0.3 is 0 Å². The van der Waals surface area contributed by atoms with Gasteiger partial charge in [0.05, 0.1) is 0 Å². The van der Waals surface area contributed by atoms with E-state index in [2.05, 4.69) is 67.7 Å². The molecule has 0 bridgehead atoms. The largest absolute Gasteiger partial charge is 0.380 e. The van der Waals surface area contributed by atoms with Crippen LogP contribution < -0.4 is 11.1 Å². The smallest absolute Gasteiger partial charge is 0.0449 e. The molecule has 0 aliphatic carbocycles. The summed E-state index contributed by atoms with van der Waals surface area (Å²) in [6.45, 7) is 4.95. The van der Waals surface area contributed by atoms with Crippen molar-refractivity contribution >= 4 is 5.69 Å². The topological polar surface area (TPSA) is 38.0 Å². The number of nitrogens with two attached hydrogens (primary N) is 1. The first-order valence-electron chi connectivity index (χ1n) is 6.79. The zero-order chi connectivity index (χ0) is 13.7. The van der Waals surface area contributed by atoms with Crippen molar-refractivity contribution in [3.05, 3.63) is 65.7 Å². The van der Waals surface area contributed by atoms with E-state index in [9.17, 15) is 0 Å². The highest BCUT2D eigenvalue weighted by atomic mass is 14.9. The van der Waals surface area contributed by atoms with Gasteiger partial charge in [-0.3, -0.25) is 0 Å². The molecule has 0 amide bonds. The minimum absolute atomic E-state index is 0.239. The number of para-hydroxylation sites is 1. The number of aryl methyl sites for hydroxylation is 1. The van der Waals surface area contributed by atoms with Gasteiger partial charge in [-0.1, -0.05) is 55.5 Å². The fourth-order valence-corrected chi connectivity index (χ4v) is 2.31. The first kappa shape index (κ1) is 13.6. The predicted octanol–water partition coefficient (Wildman–Crippen LogP) is 3.54. The average Bonchev–Trinajstić information content (AvgIpc) is 2.47. The van der Waals surface area contributed by atoms with Crippen LogP contribution in [0, 0.1) is 6.92 Å². The van der Waals surface area contributed by atoms with Gasteiger partial charge in [-0.2, -0.15) is 0 Å². The summed E-state index contributed by atoms with van der Waals surface area (Å²) in [4.78, 5) is 0. The normalized spacial score (nSPS) is 13.8. The van der Waals surface area contributed by atoms with Crippen molar-refractivity contribution in [2.75, 3.05) is 11.9 Å². The molecule has 2 atom stereocenters. The van der Waals surface area contributed by atoms with Gasteiger partial charge in [-0.05, 0) is 24.1 Å². The Hall–Kier alpha value is -1.80. The number of rotatable bonds is 5. The monoisotopic (exact) mass is 254 g/mol. The summed E-state index contributed by atoms with van der Waals surface area (Å²) in [6.07, 6.45) is 0. The summed E-state index contributed by atoms with van der Waals surface area (Å²) >= 11 is 0. The molecular weight excluding hydrogens is 232 g/mol. The Bertz CT molecular complexity index is 508. The van der Waals surface area contributed by atoms with Gasteiger partial charge in [0.2, 0.25) is 0 Å². The third-order valence-corrected chi connectivity index (χ3v) is 3.67. The van der Waals surface area contributed by atoms with Gasteiger partial charge in [0, 0.05) is 24.2 Å². The van der Waals surface area contributed by atoms with Gasteiger partial charge in [0.15, 0.2) is 0 Å². The van der Waals surface area contributed by atoms with Gasteiger partial charge in [-0.25, -0.2) is 0 Å². The van der Waals surface area contributed by atoms with Crippen molar-refractivity contribution < 1.29 is 0 Å². The highest BCUT2D eigenvalue weighted by Crippen LogP contribution is 2.23. The highest BCUT2D eigenvalue weighted by Gasteiger charge is 2.17. The van der Waals surface area contributed by atoms with Crippen LogP contribution in [0.15, 0.2) is 54.6 Å². The molecule has 100 valence electrons. The van der Waals surface area contributed by atoms with E-state index in [0.717, 1.165) is 0 Å². The van der Waals surface area contributed by atoms with E-state index in [1.54, 1.807) is 0 Å². The van der Waals surface area contributed by atoms with E-state index < -0.39 is 0 Å². The fourth-order valence-electron chi connectivity index (χ4n) is 2.31. The Balaban J connectivity index is 2.15. The van der Waals surface area contributed by atoms with Crippen LogP contribution in [-0.2, 0) is 0 Å². The van der Waals surface area contributed by atoms with E-state index in [1.165, 1.54) is 16.8 Å². The maximum atomic E-state index is 5.95. The lowest BCUT2D eigenvalue weighted by Crippen LogP contribution is -2.34. The maximum Gasteiger partial charge on any atom is 0.0449 e. The fraction of sp³-hybridized carbons (Fsp3) is 0.294. The standard InChI is InChI=1S/C17H22N2/c1-13-8-6-7-11-16(13)19-17(12-18)14(2)15-9-4-3-5-10-15/h3-11,14,17,19H,12,18H2,1-2H3. The van der Waals surface area contributed by atoms with Crippen LogP contribution in [0.3, 0.4) is 0 Å². The van der Waals surface area contributed by atoms with Crippen LogP contribution in [0.2, 0.25) is 0 Å². The van der Waals surface area contributed by atoms with Crippen molar-refractivity contribution in [1.29, 1.82) is 0 Å². The van der Waals surface area contributed by atoms with Gasteiger partial charge < -0.3 is 11.1 Å². The highest BCUT2D eigenvalue weighted by molar-refractivity contribution is 5.51. The van der Waals surface area contributed by atoms with Crippen LogP contribution in [-0.4, -0.2) is 12.6 Å². The van der Waals surface area contributed by atoms with Crippen molar-refractivity contribution in [3.63, 3.8) is 0 Å². The SMILES string of the molecule is Cc1ccccc1NC(CN)C(C)c1ccccc1. The van der Waals surface area contributed by atoms with Crippen LogP contribution in [0.5, 0.6) is 0 Å². The second-order valence-corrected chi connectivity index (χ2v) is 5.00. The molecule has 0 saturated heterocycles. The molecule has 0 radical (unpaired) electrons. The summed E-state index contributed by atoms with van der Waals surface area (Å²) in [5.41, 5.74) is 9.68. The molecule has 0 saturated carbocycles. The predicted molar refractivity (Wildman–Crippen MR) is 82.5 cm³/mol. The van der Waals surface area contributed by atoms with E-state index >= 15 is 0 Å². The summed E-state index contributed by atoms with van der Waals surface area (Å²) in [5.74, 6) is 0.380. The molecule has 2 aromatic carbocycles. The van der Waals surface area contributed by atoms with Crippen LogP contribution in [0.1, 0.15) is 24.0 Å². The molecule has 2 heteroatoms. The van der Waals surface area contributed by atoms with Gasteiger partial charge in [-0.15, -0.1) is 0 Å². The molecule has 2 nitrogen and oxygen atoms in total. The molecule has 2 aromatic rings. The van der Waals surface area contributed by atoms with E-state index in [-0.39, 0.29) is 6.04 Å². The molecule has 19 heavy (non-hydrogen) atoms. The first-order chi connectivity index (χ1) is 9.22. The first-order valence-corrected chi connectivity index (χ1v) is 6.79. The number of nitrogens with one attached hydrogen (secondary N) is 1. The lowest BCUT2D eigenvalue weighted by atomic mass is 9.93. The Labute approximate surface area is 115 Å². The van der Waals surface area contributed by atoms with Gasteiger partial charge in [0.1, 0.15) is 0 Å². The molecule has 3 N–H and O–H groups in total. The Morgan fingerprint density at radius 3 is 2.26 bits per heavy atom. The van der Waals surface area contributed by atoms with Crippen LogP contribution in [0.4, 0.5) is 5.69 Å². The average molecular weight is 254 g/mol. The number of hydrogen-bond donors (Lipinski definition) is 2. The number of anilines is 1. The van der Waals surface area contributed by atoms with E-state index in [4.69, 9.17) is 5.73 Å². The molecule has 0 fully saturated rings. The van der Waals surface area contributed by atoms with Crippen molar-refractivity contribution in [1.82, 2.24) is 0 Å². The van der Waals surface area contributed by atoms with Crippen LogP contribution >= 0.6 is 0 Å². The molecule has 2 unspecified atom stereocenters. The molecule has 0 heterocycles. The Morgan fingerprint density at radius 2 is 1.63 bits per heavy atom. The number of hydrogen-bond acceptors (Lipinski definition) is 2. The minimum atomic E-state index is 0.239. The second-order valence-electron chi connectivity index (χ2n) is 5.00. The summed E-state index contributed by atoms with van der Waals surface area (Å²) in [6, 6.07) is 19.1. The summed E-state index contributed by atoms with van der Waals surface area (Å²) < 4.78 is 0. The zero-order valence-electron chi connectivity index (χ0n) is 11.6. The third kappa shape index (κ3) is 3.36. The third-order valence-electron chi connectivity index (χ3n) is 3.67. The van der Waals surface area contributed by atoms with E-state index in [0.29, 0.717) is 12.5 Å². The van der Waals surface area contributed by atoms with Crippen LogP contribution in [0.25, 0.3) is 0 Å². The molecule has 0 aromatic heterocycles. The van der Waals surface area contributed by atoms with Gasteiger partial charge in [0.25, 0.3) is 0 Å². The summed E-state index contributed by atoms with van der Waals surface area (Å²) in [5, 5.41) is 3.57. The lowest BCUT2D eigenvalue weighted by Gasteiger charge is -2.26. The minimum Gasteiger partial charge on any atom is -0.380 e. The van der Waals surface area contributed by atoms with Crippen molar-refractivity contribution in [2.24, 2.45) is 5.73 Å². The summed E-state index contributed by atoms with van der Waals surface area (Å²) in [7, 11) is 0. The molecule has 0 aliphatic heterocycles. The molecule has 0 aliphatic rings. The molecule has 0 spiro atoms. The maximum absolute atomic E-state index is 5.95. The van der Waals surface area contributed by atoms with E-state index in [1.807, 2.05) is 6.07 Å². The zero-order valence-corrected chi connectivity index (χ0v) is 11.6. The second kappa shape index (κ2) is 6.39. The van der Waals surface area contributed by atoms with Crippen molar-refractivity contribution in [2.45, 2.75) is 25.8 Å². The Kier molecular flexibility index (Phi) is 4.58. The molecular formula is C17H22N2. The van der Waals surface area contributed by atoms with Crippen molar-refractivity contribution in [3.8, 4) is 0 Å². The quantitative estimate of drug-likeness (QED) is 0.856. The Morgan fingerprint density at radius 1 is 1.00 bits per heavy atom. The molecule has 2 rings (SSSR count). The number of benzene rings is 2.